The third-order valence-corrected chi connectivity index (χ3v) is 3.74. The van der Waals surface area contributed by atoms with E-state index < -0.39 is 0 Å². The maximum absolute atomic E-state index is 6.22. The molecule has 0 bridgehead atoms. The van der Waals surface area contributed by atoms with E-state index in [4.69, 9.17) is 27.9 Å². The van der Waals surface area contributed by atoms with Crippen LogP contribution in [0.5, 0.6) is 5.75 Å². The van der Waals surface area contributed by atoms with Gasteiger partial charge in [-0.1, -0.05) is 29.3 Å². The van der Waals surface area contributed by atoms with Crippen molar-refractivity contribution < 1.29 is 4.74 Å². The molecule has 1 aromatic rings. The zero-order valence-corrected chi connectivity index (χ0v) is 12.1. The van der Waals surface area contributed by atoms with Crippen LogP contribution in [-0.2, 0) is 0 Å². The molecule has 0 aromatic carbocycles. The Morgan fingerprint density at radius 1 is 1.47 bits per heavy atom. The molecule has 6 heteroatoms. The molecule has 0 saturated carbocycles. The molecule has 2 rings (SSSR count). The van der Waals surface area contributed by atoms with Gasteiger partial charge in [-0.15, -0.1) is 0 Å². The van der Waals surface area contributed by atoms with Gasteiger partial charge < -0.3 is 9.64 Å². The highest BCUT2D eigenvalue weighted by atomic mass is 79.9. The molecule has 17 heavy (non-hydrogen) atoms. The molecule has 90 valence electrons. The zero-order valence-electron chi connectivity index (χ0n) is 8.95. The number of anilines is 1. The van der Waals surface area contributed by atoms with Crippen LogP contribution in [0.25, 0.3) is 0 Å². The molecule has 0 aliphatic carbocycles. The van der Waals surface area contributed by atoms with Crippen molar-refractivity contribution in [1.82, 2.24) is 4.98 Å². The number of pyridine rings is 1. The minimum absolute atomic E-state index is 0.525. The van der Waals surface area contributed by atoms with Gasteiger partial charge >= 0.3 is 0 Å². The third-order valence-electron chi connectivity index (χ3n) is 2.26. The summed E-state index contributed by atoms with van der Waals surface area (Å²) in [7, 11) is 1.57. The van der Waals surface area contributed by atoms with E-state index >= 15 is 0 Å². The number of nitrogens with zero attached hydrogens (tertiary/aromatic N) is 2. The summed E-state index contributed by atoms with van der Waals surface area (Å²) in [6.45, 7) is 0.638. The van der Waals surface area contributed by atoms with Crippen LogP contribution in [0.1, 0.15) is 0 Å². The Bertz CT molecular complexity index is 502. The summed E-state index contributed by atoms with van der Waals surface area (Å²) in [5.41, 5.74) is 0. The van der Waals surface area contributed by atoms with Crippen molar-refractivity contribution in [1.29, 1.82) is 0 Å². The smallest absolute Gasteiger partial charge is 0.176 e. The van der Waals surface area contributed by atoms with Gasteiger partial charge in [0.05, 0.1) is 16.6 Å². The molecule has 0 fully saturated rings. The van der Waals surface area contributed by atoms with Gasteiger partial charge in [0.15, 0.2) is 11.6 Å². The standard InChI is InChI=1S/C11H9BrCl2N2O/c1-17-9-5-7(13)6-15-11(9)16-4-2-3-8(12)10(16)14/h2-3,5-6H,4H2,1H3. The number of halogens is 3. The first-order valence-corrected chi connectivity index (χ1v) is 6.37. The molecule has 3 nitrogen and oxygen atoms in total. The van der Waals surface area contributed by atoms with Crippen molar-refractivity contribution >= 4 is 44.9 Å². The Labute approximate surface area is 118 Å². The van der Waals surface area contributed by atoms with Crippen LogP contribution in [0.15, 0.2) is 34.1 Å². The van der Waals surface area contributed by atoms with Crippen LogP contribution in [0.3, 0.4) is 0 Å². The number of hydrogen-bond donors (Lipinski definition) is 0. The van der Waals surface area contributed by atoms with E-state index in [1.165, 1.54) is 0 Å². The fourth-order valence-electron chi connectivity index (χ4n) is 1.49. The van der Waals surface area contributed by atoms with Gasteiger partial charge in [-0.3, -0.25) is 0 Å². The monoisotopic (exact) mass is 334 g/mol. The van der Waals surface area contributed by atoms with E-state index in [1.807, 2.05) is 17.1 Å². The lowest BCUT2D eigenvalue weighted by Gasteiger charge is -2.26. The summed E-state index contributed by atoms with van der Waals surface area (Å²) in [6.07, 6.45) is 5.45. The lowest BCUT2D eigenvalue weighted by molar-refractivity contribution is 0.413. The lowest BCUT2D eigenvalue weighted by atomic mass is 10.3. The highest BCUT2D eigenvalue weighted by molar-refractivity contribution is 9.12. The van der Waals surface area contributed by atoms with Crippen molar-refractivity contribution in [3.05, 3.63) is 39.1 Å². The predicted octanol–water partition coefficient (Wildman–Crippen LogP) is 3.92. The molecule has 0 spiro atoms. The Kier molecular flexibility index (Phi) is 3.97. The van der Waals surface area contributed by atoms with E-state index in [0.717, 1.165) is 4.48 Å². The van der Waals surface area contributed by atoms with Crippen molar-refractivity contribution in [3.63, 3.8) is 0 Å². The Morgan fingerprint density at radius 2 is 2.24 bits per heavy atom. The molecule has 0 amide bonds. The SMILES string of the molecule is COc1cc(Cl)cnc1N1CC=CC(Br)=C1Cl. The van der Waals surface area contributed by atoms with Crippen molar-refractivity contribution in [3.8, 4) is 5.75 Å². The quantitative estimate of drug-likeness (QED) is 0.766. The van der Waals surface area contributed by atoms with Gasteiger partial charge in [0.25, 0.3) is 0 Å². The van der Waals surface area contributed by atoms with Gasteiger partial charge in [0.2, 0.25) is 0 Å². The average molecular weight is 336 g/mol. The molecular weight excluding hydrogens is 327 g/mol. The number of methoxy groups -OCH3 is 1. The minimum atomic E-state index is 0.525. The summed E-state index contributed by atoms with van der Waals surface area (Å²) in [5, 5.41) is 1.10. The highest BCUT2D eigenvalue weighted by Gasteiger charge is 2.20. The summed E-state index contributed by atoms with van der Waals surface area (Å²) < 4.78 is 6.06. The largest absolute Gasteiger partial charge is 0.493 e. The molecule has 1 aromatic heterocycles. The van der Waals surface area contributed by atoms with E-state index in [9.17, 15) is 0 Å². The highest BCUT2D eigenvalue weighted by Crippen LogP contribution is 2.35. The predicted molar refractivity (Wildman–Crippen MR) is 74.1 cm³/mol. The van der Waals surface area contributed by atoms with Crippen LogP contribution < -0.4 is 9.64 Å². The summed E-state index contributed by atoms with van der Waals surface area (Å²) in [5.74, 6) is 1.23. The van der Waals surface area contributed by atoms with Gasteiger partial charge in [0, 0.05) is 18.8 Å². The third kappa shape index (κ3) is 2.59. The molecule has 0 unspecified atom stereocenters. The first-order chi connectivity index (χ1) is 8.13. The normalized spacial score (nSPS) is 15.4. The van der Waals surface area contributed by atoms with Crippen LogP contribution in [0.4, 0.5) is 5.82 Å². The molecule has 0 atom stereocenters. The van der Waals surface area contributed by atoms with Crippen molar-refractivity contribution in [2.75, 3.05) is 18.6 Å². The number of rotatable bonds is 2. The second-order valence-electron chi connectivity index (χ2n) is 3.33. The van der Waals surface area contributed by atoms with Crippen LogP contribution in [-0.4, -0.2) is 18.6 Å². The van der Waals surface area contributed by atoms with Gasteiger partial charge in [-0.05, 0) is 22.0 Å². The Hall–Kier alpha value is -0.710. The van der Waals surface area contributed by atoms with E-state index in [1.54, 1.807) is 19.4 Å². The number of hydrogen-bond acceptors (Lipinski definition) is 3. The van der Waals surface area contributed by atoms with Crippen LogP contribution >= 0.6 is 39.1 Å². The molecule has 0 radical (unpaired) electrons. The first-order valence-electron chi connectivity index (χ1n) is 4.82. The number of ether oxygens (including phenoxy) is 1. The average Bonchev–Trinajstić information content (AvgIpc) is 2.33. The van der Waals surface area contributed by atoms with Crippen LogP contribution in [0.2, 0.25) is 5.02 Å². The molecule has 2 heterocycles. The van der Waals surface area contributed by atoms with Crippen molar-refractivity contribution in [2.45, 2.75) is 0 Å². The molecule has 1 aliphatic heterocycles. The fourth-order valence-corrected chi connectivity index (χ4v) is 2.25. The molecule has 1 aliphatic rings. The first kappa shape index (κ1) is 12.7. The molecule has 0 N–H and O–H groups in total. The summed E-state index contributed by atoms with van der Waals surface area (Å²) in [6, 6.07) is 1.71. The van der Waals surface area contributed by atoms with Gasteiger partial charge in [-0.25, -0.2) is 4.98 Å². The maximum atomic E-state index is 6.22. The van der Waals surface area contributed by atoms with Gasteiger partial charge in [0.1, 0.15) is 5.16 Å². The maximum Gasteiger partial charge on any atom is 0.176 e. The molecule has 0 saturated heterocycles. The topological polar surface area (TPSA) is 25.4 Å². The number of aromatic nitrogens is 1. The Morgan fingerprint density at radius 3 is 2.94 bits per heavy atom. The van der Waals surface area contributed by atoms with E-state index in [2.05, 4.69) is 20.9 Å². The summed E-state index contributed by atoms with van der Waals surface area (Å²) >= 11 is 15.5. The second kappa shape index (κ2) is 5.29. The Balaban J connectivity index is 2.44. The summed E-state index contributed by atoms with van der Waals surface area (Å²) in [4.78, 5) is 6.09. The van der Waals surface area contributed by atoms with Gasteiger partial charge in [-0.2, -0.15) is 0 Å². The minimum Gasteiger partial charge on any atom is -0.493 e. The van der Waals surface area contributed by atoms with Crippen molar-refractivity contribution in [2.24, 2.45) is 0 Å². The second-order valence-corrected chi connectivity index (χ2v) is 4.98. The lowest BCUT2D eigenvalue weighted by Crippen LogP contribution is -2.24. The molecular formula is C11H9BrCl2N2O. The van der Waals surface area contributed by atoms with E-state index in [-0.39, 0.29) is 0 Å². The number of allylic oxidation sites excluding steroid dienone is 2. The van der Waals surface area contributed by atoms with E-state index in [0.29, 0.717) is 28.3 Å². The zero-order chi connectivity index (χ0) is 12.4. The van der Waals surface area contributed by atoms with Crippen LogP contribution in [0, 0.1) is 0 Å². The fraction of sp³-hybridized carbons (Fsp3) is 0.182.